The average molecular weight is 499 g/mol. The molecule has 1 atom stereocenters. The van der Waals surface area contributed by atoms with Gasteiger partial charge in [0.2, 0.25) is 5.91 Å². The van der Waals surface area contributed by atoms with Crippen molar-refractivity contribution in [2.24, 2.45) is 0 Å². The van der Waals surface area contributed by atoms with Crippen molar-refractivity contribution in [1.29, 1.82) is 0 Å². The first-order valence-electron chi connectivity index (χ1n) is 11.2. The highest BCUT2D eigenvalue weighted by Gasteiger charge is 2.37. The minimum absolute atomic E-state index is 0.0780. The van der Waals surface area contributed by atoms with Crippen molar-refractivity contribution in [3.05, 3.63) is 41.6 Å². The molecule has 2 aliphatic heterocycles. The molecule has 1 aromatic heterocycles. The number of benzene rings is 1. The van der Waals surface area contributed by atoms with Crippen LogP contribution in [-0.2, 0) is 14.3 Å². The fourth-order valence-electron chi connectivity index (χ4n) is 4.16. The van der Waals surface area contributed by atoms with Crippen LogP contribution in [-0.4, -0.2) is 65.7 Å². The first kappa shape index (κ1) is 24.5. The summed E-state index contributed by atoms with van der Waals surface area (Å²) in [5, 5.41) is 0.615. The topological polar surface area (TPSA) is 134 Å². The Labute approximate surface area is 206 Å². The highest BCUT2D eigenvalue weighted by molar-refractivity contribution is 7.98. The second kappa shape index (κ2) is 10.7. The summed E-state index contributed by atoms with van der Waals surface area (Å²) < 4.78 is 4.71. The minimum Gasteiger partial charge on any atom is -0.465 e. The maximum absolute atomic E-state index is 13.5. The number of amides is 3. The highest BCUT2D eigenvalue weighted by atomic mass is 32.2. The molecule has 0 unspecified atom stereocenters. The standard InChI is InChI=1S/C23H26N6O5S/c1-14(30)34-10-8-19(31)26-27-21(32)15-5-3-6-16(11-15)29-13-17-7-4-9-28(17)20-18(22(29)33)12-24-23(25-20)35-2/h3,5-6,11-12,17H,4,7-10,13H2,1-2H3,(H,26,31)(H,27,32)/t17-/m0/s1. The fourth-order valence-corrected chi connectivity index (χ4v) is 4.49. The normalized spacial score (nSPS) is 16.7. The van der Waals surface area contributed by atoms with Crippen LogP contribution in [0.25, 0.3) is 0 Å². The van der Waals surface area contributed by atoms with Crippen molar-refractivity contribution in [1.82, 2.24) is 20.8 Å². The summed E-state index contributed by atoms with van der Waals surface area (Å²) in [6.45, 7) is 2.45. The van der Waals surface area contributed by atoms with Crippen LogP contribution in [0.1, 0.15) is 46.9 Å². The van der Waals surface area contributed by atoms with Crippen LogP contribution in [0.2, 0.25) is 0 Å². The molecule has 1 aromatic carbocycles. The van der Waals surface area contributed by atoms with Gasteiger partial charge in [-0.2, -0.15) is 0 Å². The zero-order valence-corrected chi connectivity index (χ0v) is 20.3. The molecule has 0 aliphatic carbocycles. The Morgan fingerprint density at radius 1 is 1.26 bits per heavy atom. The molecule has 3 heterocycles. The number of fused-ring (bicyclic) bond motifs is 3. The summed E-state index contributed by atoms with van der Waals surface area (Å²) in [6, 6.07) is 6.77. The molecule has 0 radical (unpaired) electrons. The number of aromatic nitrogens is 2. The molecule has 1 saturated heterocycles. The zero-order valence-electron chi connectivity index (χ0n) is 19.4. The first-order valence-corrected chi connectivity index (χ1v) is 12.4. The summed E-state index contributed by atoms with van der Waals surface area (Å²) >= 11 is 1.43. The molecule has 4 rings (SSSR count). The molecule has 11 nitrogen and oxygen atoms in total. The molecule has 0 bridgehead atoms. The largest absolute Gasteiger partial charge is 0.465 e. The number of rotatable bonds is 6. The number of anilines is 2. The van der Waals surface area contributed by atoms with E-state index in [2.05, 4.69) is 25.7 Å². The van der Waals surface area contributed by atoms with E-state index in [9.17, 15) is 19.2 Å². The van der Waals surface area contributed by atoms with Crippen molar-refractivity contribution >= 4 is 47.0 Å². The number of carbonyl (C=O) groups is 4. The van der Waals surface area contributed by atoms with Gasteiger partial charge in [0, 0.05) is 43.5 Å². The number of esters is 1. The van der Waals surface area contributed by atoms with Crippen LogP contribution in [0.3, 0.4) is 0 Å². The number of thioether (sulfide) groups is 1. The van der Waals surface area contributed by atoms with E-state index >= 15 is 0 Å². The third kappa shape index (κ3) is 5.53. The number of nitrogens with zero attached hydrogens (tertiary/aromatic N) is 4. The molecule has 0 saturated carbocycles. The summed E-state index contributed by atoms with van der Waals surface area (Å²) in [4.78, 5) is 61.5. The predicted octanol–water partition coefficient (Wildman–Crippen LogP) is 1.54. The predicted molar refractivity (Wildman–Crippen MR) is 129 cm³/mol. The molecule has 35 heavy (non-hydrogen) atoms. The van der Waals surface area contributed by atoms with Crippen molar-refractivity contribution < 1.29 is 23.9 Å². The lowest BCUT2D eigenvalue weighted by molar-refractivity contribution is -0.141. The number of hydrazine groups is 1. The van der Waals surface area contributed by atoms with E-state index in [1.54, 1.807) is 35.4 Å². The van der Waals surface area contributed by atoms with Gasteiger partial charge in [-0.05, 0) is 37.3 Å². The Kier molecular flexibility index (Phi) is 7.49. The van der Waals surface area contributed by atoms with Gasteiger partial charge in [0.25, 0.3) is 11.8 Å². The summed E-state index contributed by atoms with van der Waals surface area (Å²) in [7, 11) is 0. The highest BCUT2D eigenvalue weighted by Crippen LogP contribution is 2.34. The zero-order chi connectivity index (χ0) is 24.9. The molecule has 1 fully saturated rings. The quantitative estimate of drug-likeness (QED) is 0.263. The van der Waals surface area contributed by atoms with Crippen molar-refractivity contribution in [3.63, 3.8) is 0 Å². The number of ether oxygens (including phenoxy) is 1. The molecule has 0 spiro atoms. The van der Waals surface area contributed by atoms with E-state index in [1.165, 1.54) is 18.7 Å². The van der Waals surface area contributed by atoms with E-state index in [0.29, 0.717) is 28.8 Å². The lowest BCUT2D eigenvalue weighted by Gasteiger charge is -2.27. The van der Waals surface area contributed by atoms with Gasteiger partial charge < -0.3 is 14.5 Å². The Hall–Kier alpha value is -3.67. The van der Waals surface area contributed by atoms with Crippen LogP contribution in [0, 0.1) is 0 Å². The van der Waals surface area contributed by atoms with E-state index in [4.69, 9.17) is 4.74 Å². The van der Waals surface area contributed by atoms with Gasteiger partial charge in [-0.15, -0.1) is 0 Å². The number of carbonyl (C=O) groups excluding carboxylic acids is 4. The van der Waals surface area contributed by atoms with Crippen LogP contribution < -0.4 is 20.7 Å². The molecule has 3 amide bonds. The molecular weight excluding hydrogens is 472 g/mol. The summed E-state index contributed by atoms with van der Waals surface area (Å²) in [6.07, 6.45) is 5.32. The Balaban J connectivity index is 1.51. The third-order valence-electron chi connectivity index (χ3n) is 5.82. The van der Waals surface area contributed by atoms with Gasteiger partial charge >= 0.3 is 5.97 Å². The van der Waals surface area contributed by atoms with Gasteiger partial charge in [-0.25, -0.2) is 9.97 Å². The van der Waals surface area contributed by atoms with Gasteiger partial charge in [-0.3, -0.25) is 30.0 Å². The van der Waals surface area contributed by atoms with Gasteiger partial charge in [0.15, 0.2) is 5.16 Å². The average Bonchev–Trinajstić information content (AvgIpc) is 3.29. The molecule has 184 valence electrons. The van der Waals surface area contributed by atoms with E-state index < -0.39 is 17.8 Å². The maximum atomic E-state index is 13.5. The Bertz CT molecular complexity index is 1160. The lowest BCUT2D eigenvalue weighted by Crippen LogP contribution is -2.42. The third-order valence-corrected chi connectivity index (χ3v) is 6.38. The second-order valence-corrected chi connectivity index (χ2v) is 8.92. The number of nitrogens with one attached hydrogen (secondary N) is 2. The van der Waals surface area contributed by atoms with Crippen LogP contribution in [0.4, 0.5) is 11.5 Å². The Morgan fingerprint density at radius 3 is 2.86 bits per heavy atom. The van der Waals surface area contributed by atoms with Crippen LogP contribution >= 0.6 is 11.8 Å². The summed E-state index contributed by atoms with van der Waals surface area (Å²) in [5.74, 6) is -1.09. The Morgan fingerprint density at radius 2 is 2.09 bits per heavy atom. The second-order valence-electron chi connectivity index (χ2n) is 8.14. The van der Waals surface area contributed by atoms with Gasteiger partial charge in [0.1, 0.15) is 18.0 Å². The number of hydrogen-bond acceptors (Lipinski definition) is 9. The van der Waals surface area contributed by atoms with E-state index in [0.717, 1.165) is 19.4 Å². The monoisotopic (exact) mass is 498 g/mol. The summed E-state index contributed by atoms with van der Waals surface area (Å²) in [5.41, 5.74) is 5.91. The molecule has 12 heteroatoms. The molecule has 2 N–H and O–H groups in total. The molecule has 2 aromatic rings. The minimum atomic E-state index is -0.536. The smallest absolute Gasteiger partial charge is 0.302 e. The SMILES string of the molecule is CSc1ncc2c(n1)N1CCC[C@H]1CN(c1cccc(C(=O)NNC(=O)CCOC(C)=O)c1)C2=O. The van der Waals surface area contributed by atoms with Gasteiger partial charge in [0.05, 0.1) is 6.42 Å². The van der Waals surface area contributed by atoms with E-state index in [-0.39, 0.29) is 30.5 Å². The van der Waals surface area contributed by atoms with Crippen LogP contribution in [0.5, 0.6) is 0 Å². The van der Waals surface area contributed by atoms with Crippen molar-refractivity contribution in [3.8, 4) is 0 Å². The lowest BCUT2D eigenvalue weighted by atomic mass is 10.1. The van der Waals surface area contributed by atoms with E-state index in [1.807, 2.05) is 6.26 Å². The number of hydrogen-bond donors (Lipinski definition) is 2. The molecule has 2 aliphatic rings. The maximum Gasteiger partial charge on any atom is 0.302 e. The van der Waals surface area contributed by atoms with Gasteiger partial charge in [-0.1, -0.05) is 17.8 Å². The van der Waals surface area contributed by atoms with Crippen molar-refractivity contribution in [2.45, 2.75) is 37.4 Å². The first-order chi connectivity index (χ1) is 16.9. The van der Waals surface area contributed by atoms with Crippen LogP contribution in [0.15, 0.2) is 35.6 Å². The van der Waals surface area contributed by atoms with Crippen molar-refractivity contribution in [2.75, 3.05) is 35.8 Å². The molecular formula is C23H26N6O5S. The fraction of sp³-hybridized carbons (Fsp3) is 0.391.